The van der Waals surface area contributed by atoms with Crippen LogP contribution in [-0.2, 0) is 14.2 Å². The van der Waals surface area contributed by atoms with Gasteiger partial charge in [-0.2, -0.15) is 0 Å². The van der Waals surface area contributed by atoms with E-state index in [0.29, 0.717) is 0 Å². The number of hydrogen-bond acceptors (Lipinski definition) is 6. The van der Waals surface area contributed by atoms with Crippen LogP contribution in [0.5, 0.6) is 0 Å². The van der Waals surface area contributed by atoms with Gasteiger partial charge in [0.1, 0.15) is 18.3 Å². The van der Waals surface area contributed by atoms with Crippen molar-refractivity contribution in [3.8, 4) is 0 Å². The van der Waals surface area contributed by atoms with Crippen LogP contribution in [0.1, 0.15) is 38.3 Å². The van der Waals surface area contributed by atoms with Crippen LogP contribution in [0.25, 0.3) is 0 Å². The number of rotatable bonds is 2. The summed E-state index contributed by atoms with van der Waals surface area (Å²) in [6.07, 6.45) is 4.07. The van der Waals surface area contributed by atoms with Gasteiger partial charge in [-0.3, -0.25) is 14.3 Å². The third-order valence-electron chi connectivity index (χ3n) is 4.91. The lowest BCUT2D eigenvalue weighted by Crippen LogP contribution is -2.39. The van der Waals surface area contributed by atoms with Crippen molar-refractivity contribution < 1.29 is 19.3 Å². The SMILES string of the molecule is O=c1ccn([C@@H]2O[C@H](CO)[C@H]3OC4(CCCCC4)O[C@H]32)c(=O)[nH]1. The highest BCUT2D eigenvalue weighted by atomic mass is 16.8. The fourth-order valence-electron chi connectivity index (χ4n) is 3.82. The molecule has 4 atom stereocenters. The van der Waals surface area contributed by atoms with Gasteiger partial charge in [0.2, 0.25) is 0 Å². The molecule has 2 N–H and O–H groups in total. The Kier molecular flexibility index (Phi) is 3.64. The molecule has 2 aliphatic heterocycles. The van der Waals surface area contributed by atoms with E-state index in [2.05, 4.69) is 4.98 Å². The van der Waals surface area contributed by atoms with Gasteiger partial charge in [-0.1, -0.05) is 6.42 Å². The minimum atomic E-state index is -0.720. The maximum absolute atomic E-state index is 12.0. The monoisotopic (exact) mass is 324 g/mol. The topological polar surface area (TPSA) is 103 Å². The highest BCUT2D eigenvalue weighted by Gasteiger charge is 2.58. The molecular formula is C15H20N2O6. The molecule has 23 heavy (non-hydrogen) atoms. The van der Waals surface area contributed by atoms with Gasteiger partial charge >= 0.3 is 5.69 Å². The molecule has 0 aromatic carbocycles. The number of nitrogens with zero attached hydrogens (tertiary/aromatic N) is 1. The lowest BCUT2D eigenvalue weighted by Gasteiger charge is -2.34. The maximum atomic E-state index is 12.0. The highest BCUT2D eigenvalue weighted by molar-refractivity contribution is 5.00. The van der Waals surface area contributed by atoms with Gasteiger partial charge in [-0.25, -0.2) is 4.79 Å². The molecule has 8 heteroatoms. The van der Waals surface area contributed by atoms with Crippen LogP contribution in [0, 0.1) is 0 Å². The van der Waals surface area contributed by atoms with E-state index in [1.807, 2.05) is 0 Å². The number of aliphatic hydroxyl groups excluding tert-OH is 1. The second kappa shape index (κ2) is 5.55. The Morgan fingerprint density at radius 3 is 2.65 bits per heavy atom. The number of ether oxygens (including phenoxy) is 3. The molecule has 126 valence electrons. The predicted octanol–water partition coefficient (Wildman–Crippen LogP) is -0.129. The fourth-order valence-corrected chi connectivity index (χ4v) is 3.82. The zero-order valence-corrected chi connectivity index (χ0v) is 12.6. The second-order valence-electron chi connectivity index (χ2n) is 6.40. The van der Waals surface area contributed by atoms with Gasteiger partial charge in [0.25, 0.3) is 5.56 Å². The average molecular weight is 324 g/mol. The van der Waals surface area contributed by atoms with Gasteiger partial charge in [0, 0.05) is 25.1 Å². The smallest absolute Gasteiger partial charge is 0.330 e. The van der Waals surface area contributed by atoms with Gasteiger partial charge in [0.05, 0.1) is 6.61 Å². The summed E-state index contributed by atoms with van der Waals surface area (Å²) < 4.78 is 19.4. The largest absolute Gasteiger partial charge is 0.394 e. The third-order valence-corrected chi connectivity index (χ3v) is 4.91. The van der Waals surface area contributed by atoms with Crippen molar-refractivity contribution in [1.82, 2.24) is 9.55 Å². The molecule has 1 aromatic heterocycles. The zero-order chi connectivity index (χ0) is 16.0. The van der Waals surface area contributed by atoms with Crippen molar-refractivity contribution in [2.24, 2.45) is 0 Å². The summed E-state index contributed by atoms with van der Waals surface area (Å²) in [6, 6.07) is 1.26. The molecule has 4 rings (SSSR count). The molecule has 0 radical (unpaired) electrons. The van der Waals surface area contributed by atoms with E-state index in [4.69, 9.17) is 14.2 Å². The average Bonchev–Trinajstić information content (AvgIpc) is 3.04. The van der Waals surface area contributed by atoms with Crippen LogP contribution in [0.3, 0.4) is 0 Å². The number of nitrogens with one attached hydrogen (secondary N) is 1. The lowest BCUT2D eigenvalue weighted by molar-refractivity contribution is -0.233. The molecule has 1 aromatic rings. The summed E-state index contributed by atoms with van der Waals surface area (Å²) in [7, 11) is 0. The van der Waals surface area contributed by atoms with Crippen molar-refractivity contribution in [2.45, 2.75) is 62.4 Å². The second-order valence-corrected chi connectivity index (χ2v) is 6.40. The Hall–Kier alpha value is -1.48. The summed E-state index contributed by atoms with van der Waals surface area (Å²) >= 11 is 0. The van der Waals surface area contributed by atoms with E-state index in [1.165, 1.54) is 16.8 Å². The standard InChI is InChI=1S/C15H20N2O6/c18-8-9-11-12(23-15(22-11)5-2-1-3-6-15)13(21-9)17-7-4-10(19)16-14(17)20/h4,7,9,11-13,18H,1-3,5-6,8H2,(H,16,19,20)/t9-,11-,12-,13-/m1/s1. The molecule has 2 saturated heterocycles. The van der Waals surface area contributed by atoms with Crippen LogP contribution in [0.15, 0.2) is 21.9 Å². The molecule has 3 heterocycles. The Morgan fingerprint density at radius 2 is 1.96 bits per heavy atom. The van der Waals surface area contributed by atoms with E-state index < -0.39 is 41.6 Å². The zero-order valence-electron chi connectivity index (χ0n) is 12.6. The van der Waals surface area contributed by atoms with Gasteiger partial charge < -0.3 is 19.3 Å². The number of hydrogen-bond donors (Lipinski definition) is 2. The summed E-state index contributed by atoms with van der Waals surface area (Å²) in [6.45, 7) is -0.213. The molecule has 0 unspecified atom stereocenters. The first-order valence-corrected chi connectivity index (χ1v) is 8.05. The van der Waals surface area contributed by atoms with Crippen molar-refractivity contribution >= 4 is 0 Å². The van der Waals surface area contributed by atoms with E-state index in [0.717, 1.165) is 32.1 Å². The summed E-state index contributed by atoms with van der Waals surface area (Å²) in [5.41, 5.74) is -1.03. The number of aromatic amines is 1. The van der Waals surface area contributed by atoms with E-state index in [9.17, 15) is 14.7 Å². The molecule has 3 aliphatic rings. The van der Waals surface area contributed by atoms with Crippen molar-refractivity contribution in [1.29, 1.82) is 0 Å². The van der Waals surface area contributed by atoms with Crippen LogP contribution in [0.4, 0.5) is 0 Å². The first kappa shape index (κ1) is 15.1. The van der Waals surface area contributed by atoms with Gasteiger partial charge in [-0.05, 0) is 12.8 Å². The van der Waals surface area contributed by atoms with Crippen molar-refractivity contribution in [3.63, 3.8) is 0 Å². The summed E-state index contributed by atoms with van der Waals surface area (Å²) in [5, 5.41) is 9.57. The minimum absolute atomic E-state index is 0.213. The fraction of sp³-hybridized carbons (Fsp3) is 0.733. The third kappa shape index (κ3) is 2.46. The van der Waals surface area contributed by atoms with Gasteiger partial charge in [0.15, 0.2) is 12.0 Å². The first-order valence-electron chi connectivity index (χ1n) is 8.05. The number of fused-ring (bicyclic) bond motifs is 1. The molecule has 0 amide bonds. The normalized spacial score (nSPS) is 35.5. The van der Waals surface area contributed by atoms with Crippen LogP contribution >= 0.6 is 0 Å². The number of H-pyrrole nitrogens is 1. The summed E-state index contributed by atoms with van der Waals surface area (Å²) in [4.78, 5) is 25.5. The predicted molar refractivity (Wildman–Crippen MR) is 77.9 cm³/mol. The first-order chi connectivity index (χ1) is 11.1. The molecule has 1 aliphatic carbocycles. The Morgan fingerprint density at radius 1 is 1.22 bits per heavy atom. The lowest BCUT2D eigenvalue weighted by atomic mass is 9.94. The number of aromatic nitrogens is 2. The van der Waals surface area contributed by atoms with E-state index >= 15 is 0 Å². The Balaban J connectivity index is 1.66. The van der Waals surface area contributed by atoms with Crippen LogP contribution in [-0.4, -0.2) is 45.4 Å². The molecule has 3 fully saturated rings. The number of aliphatic hydroxyl groups is 1. The minimum Gasteiger partial charge on any atom is -0.394 e. The molecule has 0 bridgehead atoms. The molecular weight excluding hydrogens is 304 g/mol. The van der Waals surface area contributed by atoms with Crippen molar-refractivity contribution in [2.75, 3.05) is 6.61 Å². The van der Waals surface area contributed by atoms with Crippen LogP contribution < -0.4 is 11.2 Å². The van der Waals surface area contributed by atoms with Crippen molar-refractivity contribution in [3.05, 3.63) is 33.1 Å². The molecule has 1 saturated carbocycles. The molecule has 8 nitrogen and oxygen atoms in total. The van der Waals surface area contributed by atoms with E-state index in [1.54, 1.807) is 0 Å². The molecule has 1 spiro atoms. The van der Waals surface area contributed by atoms with Crippen LogP contribution in [0.2, 0.25) is 0 Å². The maximum Gasteiger partial charge on any atom is 0.330 e. The Labute approximate surface area is 132 Å². The Bertz CT molecular complexity index is 692. The highest BCUT2D eigenvalue weighted by Crippen LogP contribution is 2.47. The summed E-state index contributed by atoms with van der Waals surface area (Å²) in [5.74, 6) is -0.630. The van der Waals surface area contributed by atoms with Gasteiger partial charge in [-0.15, -0.1) is 0 Å². The van der Waals surface area contributed by atoms with E-state index in [-0.39, 0.29) is 6.61 Å². The quantitative estimate of drug-likeness (QED) is 0.786.